The highest BCUT2D eigenvalue weighted by Crippen LogP contribution is 2.24. The lowest BCUT2D eigenvalue weighted by Gasteiger charge is -2.23. The number of benzene rings is 1. The first-order valence-electron chi connectivity index (χ1n) is 5.47. The molecule has 0 aliphatic rings. The first-order chi connectivity index (χ1) is 7.81. The van der Waals surface area contributed by atoms with Gasteiger partial charge in [0.05, 0.1) is 11.9 Å². The second-order valence-electron chi connectivity index (χ2n) is 4.29. The molecule has 17 heavy (non-hydrogen) atoms. The zero-order valence-electron chi connectivity index (χ0n) is 10.4. The lowest BCUT2D eigenvalue weighted by atomic mass is 10.1. The predicted molar refractivity (Wildman–Crippen MR) is 70.1 cm³/mol. The van der Waals surface area contributed by atoms with Crippen LogP contribution in [0.25, 0.3) is 0 Å². The van der Waals surface area contributed by atoms with Gasteiger partial charge in [-0.05, 0) is 13.0 Å². The molecular formula is C12H19NO3S. The molecule has 1 atom stereocenters. The van der Waals surface area contributed by atoms with Crippen LogP contribution in [0.3, 0.4) is 0 Å². The van der Waals surface area contributed by atoms with Gasteiger partial charge in [-0.3, -0.25) is 0 Å². The molecule has 1 rings (SSSR count). The number of para-hydroxylation sites is 1. The average Bonchev–Trinajstić information content (AvgIpc) is 2.25. The quantitative estimate of drug-likeness (QED) is 0.861. The van der Waals surface area contributed by atoms with Crippen LogP contribution in [0.15, 0.2) is 24.3 Å². The van der Waals surface area contributed by atoms with Crippen LogP contribution in [0.1, 0.15) is 18.6 Å². The monoisotopic (exact) mass is 257 g/mol. The Kier molecular flexibility index (Phi) is 4.54. The molecule has 1 aromatic rings. The van der Waals surface area contributed by atoms with Gasteiger partial charge in [0.25, 0.3) is 0 Å². The largest absolute Gasteiger partial charge is 0.389 e. The zero-order chi connectivity index (χ0) is 13.1. The van der Waals surface area contributed by atoms with E-state index in [-0.39, 0.29) is 5.75 Å². The molecule has 0 aliphatic carbocycles. The molecule has 0 aliphatic heterocycles. The lowest BCUT2D eigenvalue weighted by molar-refractivity contribution is 0.199. The molecule has 0 heterocycles. The third-order valence-electron chi connectivity index (χ3n) is 2.60. The molecule has 0 saturated heterocycles. The van der Waals surface area contributed by atoms with Crippen molar-refractivity contribution in [3.8, 4) is 0 Å². The number of aliphatic hydroxyl groups is 1. The van der Waals surface area contributed by atoms with Gasteiger partial charge < -0.3 is 10.0 Å². The van der Waals surface area contributed by atoms with Gasteiger partial charge in [-0.25, -0.2) is 8.42 Å². The van der Waals surface area contributed by atoms with Gasteiger partial charge in [-0.15, -0.1) is 0 Å². The maximum atomic E-state index is 11.1. The van der Waals surface area contributed by atoms with E-state index < -0.39 is 15.9 Å². The van der Waals surface area contributed by atoms with Gasteiger partial charge in [0.2, 0.25) is 0 Å². The Hall–Kier alpha value is -1.07. The molecule has 5 heteroatoms. The SMILES string of the molecule is C[C@H](O)c1ccccc1N(C)CCS(C)(=O)=O. The summed E-state index contributed by atoms with van der Waals surface area (Å²) in [4.78, 5) is 1.85. The van der Waals surface area contributed by atoms with Crippen LogP contribution >= 0.6 is 0 Å². The van der Waals surface area contributed by atoms with E-state index >= 15 is 0 Å². The van der Waals surface area contributed by atoms with Crippen LogP contribution in [-0.4, -0.2) is 39.1 Å². The summed E-state index contributed by atoms with van der Waals surface area (Å²) in [6.45, 7) is 2.12. The number of sulfone groups is 1. The standard InChI is InChI=1S/C12H19NO3S/c1-10(14)11-6-4-5-7-12(11)13(2)8-9-17(3,15)16/h4-7,10,14H,8-9H2,1-3H3/t10-/m0/s1. The summed E-state index contributed by atoms with van der Waals surface area (Å²) in [6.07, 6.45) is 0.661. The highest BCUT2D eigenvalue weighted by molar-refractivity contribution is 7.90. The maximum absolute atomic E-state index is 11.1. The maximum Gasteiger partial charge on any atom is 0.149 e. The van der Waals surface area contributed by atoms with Gasteiger partial charge in [0.1, 0.15) is 9.84 Å². The molecule has 4 nitrogen and oxygen atoms in total. The van der Waals surface area contributed by atoms with Gasteiger partial charge in [0.15, 0.2) is 0 Å². The molecule has 0 aromatic heterocycles. The van der Waals surface area contributed by atoms with Crippen molar-refractivity contribution in [1.82, 2.24) is 0 Å². The number of aliphatic hydroxyl groups excluding tert-OH is 1. The molecular weight excluding hydrogens is 238 g/mol. The van der Waals surface area contributed by atoms with E-state index in [4.69, 9.17) is 0 Å². The van der Waals surface area contributed by atoms with E-state index in [1.54, 1.807) is 6.92 Å². The zero-order valence-corrected chi connectivity index (χ0v) is 11.2. The summed E-state index contributed by atoms with van der Waals surface area (Å²) in [7, 11) is -1.14. The Morgan fingerprint density at radius 2 is 1.94 bits per heavy atom. The molecule has 96 valence electrons. The number of hydrogen-bond donors (Lipinski definition) is 1. The lowest BCUT2D eigenvalue weighted by Crippen LogP contribution is -2.26. The number of hydrogen-bond acceptors (Lipinski definition) is 4. The van der Waals surface area contributed by atoms with Crippen molar-refractivity contribution in [2.24, 2.45) is 0 Å². The Balaban J connectivity index is 2.85. The van der Waals surface area contributed by atoms with E-state index in [1.807, 2.05) is 36.2 Å². The summed E-state index contributed by atoms with van der Waals surface area (Å²) in [5, 5.41) is 9.64. The van der Waals surface area contributed by atoms with Crippen molar-refractivity contribution in [1.29, 1.82) is 0 Å². The van der Waals surface area contributed by atoms with E-state index in [0.717, 1.165) is 11.3 Å². The van der Waals surface area contributed by atoms with Gasteiger partial charge in [-0.2, -0.15) is 0 Å². The van der Waals surface area contributed by atoms with Crippen molar-refractivity contribution in [2.75, 3.05) is 30.5 Å². The Bertz CT molecular complexity index is 468. The topological polar surface area (TPSA) is 57.6 Å². The van der Waals surface area contributed by atoms with Crippen LogP contribution in [0.5, 0.6) is 0 Å². The summed E-state index contributed by atoms with van der Waals surface area (Å²) >= 11 is 0. The van der Waals surface area contributed by atoms with E-state index in [9.17, 15) is 13.5 Å². The number of rotatable bonds is 5. The molecule has 1 N–H and O–H groups in total. The highest BCUT2D eigenvalue weighted by atomic mass is 32.2. The first kappa shape index (κ1) is 14.0. The van der Waals surface area contributed by atoms with Gasteiger partial charge in [0, 0.05) is 31.1 Å². The molecule has 0 radical (unpaired) electrons. The van der Waals surface area contributed by atoms with Crippen LogP contribution in [0, 0.1) is 0 Å². The highest BCUT2D eigenvalue weighted by Gasteiger charge is 2.12. The minimum absolute atomic E-state index is 0.109. The number of anilines is 1. The minimum atomic E-state index is -2.96. The van der Waals surface area contributed by atoms with Crippen LogP contribution in [0.2, 0.25) is 0 Å². The Morgan fingerprint density at radius 1 is 1.35 bits per heavy atom. The fraction of sp³-hybridized carbons (Fsp3) is 0.500. The third-order valence-corrected chi connectivity index (χ3v) is 3.52. The van der Waals surface area contributed by atoms with Gasteiger partial charge >= 0.3 is 0 Å². The van der Waals surface area contributed by atoms with Gasteiger partial charge in [-0.1, -0.05) is 18.2 Å². The summed E-state index contributed by atoms with van der Waals surface area (Å²) in [6, 6.07) is 7.45. The molecule has 0 bridgehead atoms. The third kappa shape index (κ3) is 4.36. The van der Waals surface area contributed by atoms with E-state index in [2.05, 4.69) is 0 Å². The molecule has 1 aromatic carbocycles. The van der Waals surface area contributed by atoms with Crippen molar-refractivity contribution >= 4 is 15.5 Å². The van der Waals surface area contributed by atoms with Crippen molar-refractivity contribution < 1.29 is 13.5 Å². The second kappa shape index (κ2) is 5.51. The van der Waals surface area contributed by atoms with Crippen molar-refractivity contribution in [2.45, 2.75) is 13.0 Å². The fourth-order valence-electron chi connectivity index (χ4n) is 1.61. The Morgan fingerprint density at radius 3 is 2.47 bits per heavy atom. The molecule has 0 spiro atoms. The van der Waals surface area contributed by atoms with Crippen molar-refractivity contribution in [3.63, 3.8) is 0 Å². The van der Waals surface area contributed by atoms with E-state index in [1.165, 1.54) is 6.26 Å². The molecule has 0 fully saturated rings. The molecule has 0 saturated carbocycles. The van der Waals surface area contributed by atoms with Crippen LogP contribution < -0.4 is 4.90 Å². The molecule has 0 amide bonds. The average molecular weight is 257 g/mol. The predicted octanol–water partition coefficient (Wildman–Crippen LogP) is 1.22. The second-order valence-corrected chi connectivity index (χ2v) is 6.55. The first-order valence-corrected chi connectivity index (χ1v) is 7.53. The summed E-state index contributed by atoms with van der Waals surface area (Å²) < 4.78 is 22.2. The van der Waals surface area contributed by atoms with Crippen LogP contribution in [-0.2, 0) is 9.84 Å². The van der Waals surface area contributed by atoms with E-state index in [0.29, 0.717) is 6.54 Å². The van der Waals surface area contributed by atoms with Crippen LogP contribution in [0.4, 0.5) is 5.69 Å². The number of nitrogens with zero attached hydrogens (tertiary/aromatic N) is 1. The van der Waals surface area contributed by atoms with Crippen molar-refractivity contribution in [3.05, 3.63) is 29.8 Å². The fourth-order valence-corrected chi connectivity index (χ4v) is 2.22. The smallest absolute Gasteiger partial charge is 0.149 e. The summed E-state index contributed by atoms with van der Waals surface area (Å²) in [5.41, 5.74) is 1.68. The summed E-state index contributed by atoms with van der Waals surface area (Å²) in [5.74, 6) is 0.109. The Labute approximate surface area is 103 Å². The molecule has 0 unspecified atom stereocenters. The minimum Gasteiger partial charge on any atom is -0.389 e. The normalized spacial score (nSPS) is 13.4.